The third kappa shape index (κ3) is 4.75. The smallest absolute Gasteiger partial charge is 0.337 e. The first kappa shape index (κ1) is 23.3. The van der Waals surface area contributed by atoms with Crippen LogP contribution in [0.2, 0.25) is 0 Å². The lowest BCUT2D eigenvalue weighted by atomic mass is 10.0. The molecule has 0 aromatic rings. The molecule has 10 nitrogen and oxygen atoms in total. The second-order valence-corrected chi connectivity index (χ2v) is 11.3. The maximum Gasteiger partial charge on any atom is 0.337 e. The van der Waals surface area contributed by atoms with Gasteiger partial charge in [0.15, 0.2) is 0 Å². The summed E-state index contributed by atoms with van der Waals surface area (Å²) in [6.45, 7) is 0. The molecule has 0 unspecified atom stereocenters. The van der Waals surface area contributed by atoms with E-state index in [1.807, 2.05) is 0 Å². The quantitative estimate of drug-likeness (QED) is 0.257. The van der Waals surface area contributed by atoms with E-state index < -0.39 is 11.9 Å². The van der Waals surface area contributed by atoms with Crippen molar-refractivity contribution >= 4 is 47.5 Å². The Balaban J connectivity index is 1.43. The van der Waals surface area contributed by atoms with Crippen LogP contribution in [-0.4, -0.2) is 90.4 Å². The van der Waals surface area contributed by atoms with Gasteiger partial charge in [0.05, 0.1) is 24.2 Å². The standard InChI is InChI=1S/C20H30N4O6S2/c25-15(26)7-3-1-5-13-17-11(9-31-13)21-19(29)23(17)24-18-12(22-20(24)30)10-32-14(18)6-2-4-8-16(27)28/h11-14,17-18H,1-10H2,(H,21,29)(H,22,30)(H,25,26)(H,27,28)/t11-,12-,13-,14-,17-,18-/m1/s1. The van der Waals surface area contributed by atoms with Gasteiger partial charge in [-0.15, -0.1) is 0 Å². The van der Waals surface area contributed by atoms with Gasteiger partial charge in [-0.25, -0.2) is 19.6 Å². The summed E-state index contributed by atoms with van der Waals surface area (Å²) in [6, 6.07) is -0.778. The van der Waals surface area contributed by atoms with E-state index in [2.05, 4.69) is 10.6 Å². The second kappa shape index (κ2) is 9.98. The number of carbonyl (C=O) groups is 4. The van der Waals surface area contributed by atoms with Crippen LogP contribution in [0.15, 0.2) is 0 Å². The number of hydrazine groups is 1. The van der Waals surface area contributed by atoms with E-state index in [0.29, 0.717) is 12.8 Å². The summed E-state index contributed by atoms with van der Waals surface area (Å²) in [5.41, 5.74) is 0. The molecule has 4 N–H and O–H groups in total. The van der Waals surface area contributed by atoms with Crippen LogP contribution in [0.25, 0.3) is 0 Å². The predicted octanol–water partition coefficient (Wildman–Crippen LogP) is 1.95. The van der Waals surface area contributed by atoms with Crippen LogP contribution < -0.4 is 10.6 Å². The van der Waals surface area contributed by atoms with E-state index in [1.54, 1.807) is 33.5 Å². The van der Waals surface area contributed by atoms with Crippen LogP contribution in [0.3, 0.4) is 0 Å². The van der Waals surface area contributed by atoms with Crippen molar-refractivity contribution in [3.8, 4) is 0 Å². The summed E-state index contributed by atoms with van der Waals surface area (Å²) in [6.07, 6.45) is 4.66. The van der Waals surface area contributed by atoms with E-state index in [0.717, 1.165) is 37.2 Å². The molecule has 4 saturated heterocycles. The summed E-state index contributed by atoms with van der Waals surface area (Å²) in [4.78, 5) is 47.5. The first-order valence-electron chi connectivity index (χ1n) is 11.2. The average Bonchev–Trinajstić information content (AvgIpc) is 3.44. The Hall–Kier alpha value is -1.82. The Kier molecular flexibility index (Phi) is 7.28. The number of nitrogens with zero attached hydrogens (tertiary/aromatic N) is 2. The monoisotopic (exact) mass is 486 g/mol. The van der Waals surface area contributed by atoms with Gasteiger partial charge in [0.25, 0.3) is 0 Å². The molecule has 4 aliphatic rings. The van der Waals surface area contributed by atoms with Crippen molar-refractivity contribution < 1.29 is 29.4 Å². The minimum absolute atomic E-state index is 0.0214. The first-order chi connectivity index (χ1) is 15.4. The van der Waals surface area contributed by atoms with Crippen molar-refractivity contribution in [3.05, 3.63) is 0 Å². The number of carboxylic acid groups (broad SMARTS) is 2. The highest BCUT2D eigenvalue weighted by Gasteiger charge is 2.58. The van der Waals surface area contributed by atoms with Crippen molar-refractivity contribution in [3.63, 3.8) is 0 Å². The van der Waals surface area contributed by atoms with Gasteiger partial charge in [0.1, 0.15) is 0 Å². The van der Waals surface area contributed by atoms with Crippen molar-refractivity contribution in [1.29, 1.82) is 0 Å². The van der Waals surface area contributed by atoms with Gasteiger partial charge in [-0.1, -0.05) is 12.8 Å². The number of hydrogen-bond donors (Lipinski definition) is 4. The average molecular weight is 487 g/mol. The van der Waals surface area contributed by atoms with Gasteiger partial charge < -0.3 is 20.8 Å². The molecule has 4 fully saturated rings. The van der Waals surface area contributed by atoms with Crippen molar-refractivity contribution in [2.45, 2.75) is 86.0 Å². The number of fused-ring (bicyclic) bond motifs is 2. The van der Waals surface area contributed by atoms with E-state index in [1.165, 1.54) is 0 Å². The lowest BCUT2D eigenvalue weighted by molar-refractivity contribution is -0.138. The van der Waals surface area contributed by atoms with Gasteiger partial charge in [0, 0.05) is 34.8 Å². The highest BCUT2D eigenvalue weighted by molar-refractivity contribution is 8.00. The molecular formula is C20H30N4O6S2. The van der Waals surface area contributed by atoms with Crippen LogP contribution in [0.4, 0.5) is 9.59 Å². The Labute approximate surface area is 195 Å². The zero-order valence-electron chi connectivity index (χ0n) is 17.8. The summed E-state index contributed by atoms with van der Waals surface area (Å²) < 4.78 is 0. The molecule has 4 amide bonds. The van der Waals surface area contributed by atoms with E-state index in [-0.39, 0.29) is 59.6 Å². The van der Waals surface area contributed by atoms with E-state index in [4.69, 9.17) is 10.2 Å². The molecule has 0 radical (unpaired) electrons. The number of urea groups is 2. The Bertz CT molecular complexity index is 708. The first-order valence-corrected chi connectivity index (χ1v) is 13.3. The van der Waals surface area contributed by atoms with Gasteiger partial charge >= 0.3 is 24.0 Å². The molecule has 178 valence electrons. The summed E-state index contributed by atoms with van der Waals surface area (Å²) in [5, 5.41) is 27.4. The van der Waals surface area contributed by atoms with Crippen molar-refractivity contribution in [1.82, 2.24) is 20.7 Å². The number of carboxylic acids is 2. The van der Waals surface area contributed by atoms with Crippen molar-refractivity contribution in [2.75, 3.05) is 11.5 Å². The third-order valence-electron chi connectivity index (χ3n) is 6.66. The lowest BCUT2D eigenvalue weighted by Gasteiger charge is -2.38. The molecule has 32 heavy (non-hydrogen) atoms. The zero-order valence-corrected chi connectivity index (χ0v) is 19.4. The fraction of sp³-hybridized carbons (Fsp3) is 0.800. The number of amides is 4. The van der Waals surface area contributed by atoms with Gasteiger partial charge in [0.2, 0.25) is 0 Å². The minimum Gasteiger partial charge on any atom is -0.481 e. The zero-order chi connectivity index (χ0) is 22.8. The fourth-order valence-corrected chi connectivity index (χ4v) is 8.37. The van der Waals surface area contributed by atoms with Crippen LogP contribution in [0, 0.1) is 0 Å². The molecule has 0 aliphatic carbocycles. The number of hydrogen-bond acceptors (Lipinski definition) is 6. The van der Waals surface area contributed by atoms with Crippen LogP contribution in [0.1, 0.15) is 51.4 Å². The minimum atomic E-state index is -0.797. The molecule has 0 saturated carbocycles. The highest BCUT2D eigenvalue weighted by Crippen LogP contribution is 2.43. The Morgan fingerprint density at radius 2 is 1.19 bits per heavy atom. The van der Waals surface area contributed by atoms with Crippen LogP contribution in [0.5, 0.6) is 0 Å². The maximum atomic E-state index is 12.9. The highest BCUT2D eigenvalue weighted by atomic mass is 32.2. The lowest BCUT2D eigenvalue weighted by Crippen LogP contribution is -2.57. The molecular weight excluding hydrogens is 456 g/mol. The Morgan fingerprint density at radius 1 is 0.781 bits per heavy atom. The normalized spacial score (nSPS) is 33.2. The molecule has 0 spiro atoms. The number of carbonyl (C=O) groups excluding carboxylic acids is 2. The summed E-state index contributed by atoms with van der Waals surface area (Å²) >= 11 is 3.56. The summed E-state index contributed by atoms with van der Waals surface area (Å²) in [7, 11) is 0. The molecule has 4 heterocycles. The topological polar surface area (TPSA) is 139 Å². The van der Waals surface area contributed by atoms with Gasteiger partial charge in [-0.2, -0.15) is 23.5 Å². The number of thioether (sulfide) groups is 2. The molecule has 12 heteroatoms. The van der Waals surface area contributed by atoms with Crippen LogP contribution >= 0.6 is 23.5 Å². The number of rotatable bonds is 11. The number of aliphatic carboxylic acids is 2. The van der Waals surface area contributed by atoms with Gasteiger partial charge in [-0.3, -0.25) is 9.59 Å². The number of nitrogens with one attached hydrogen (secondary N) is 2. The summed E-state index contributed by atoms with van der Waals surface area (Å²) in [5.74, 6) is -0.0238. The van der Waals surface area contributed by atoms with E-state index in [9.17, 15) is 19.2 Å². The molecule has 4 rings (SSSR count). The molecule has 0 aromatic carbocycles. The fourth-order valence-electron chi connectivity index (χ4n) is 5.23. The number of unbranched alkanes of at least 4 members (excludes halogenated alkanes) is 2. The van der Waals surface area contributed by atoms with E-state index >= 15 is 0 Å². The van der Waals surface area contributed by atoms with Crippen molar-refractivity contribution in [2.24, 2.45) is 0 Å². The molecule has 4 aliphatic heterocycles. The molecule has 0 aromatic heterocycles. The predicted molar refractivity (Wildman–Crippen MR) is 121 cm³/mol. The maximum absolute atomic E-state index is 12.9. The largest absolute Gasteiger partial charge is 0.481 e. The molecule has 6 atom stereocenters. The van der Waals surface area contributed by atoms with Crippen LogP contribution in [-0.2, 0) is 9.59 Å². The SMILES string of the molecule is O=C(O)CCCC[C@H]1SC[C@H]2NC(=O)N(N3C(=O)N[C@@H]4CS[C@H](CCCCC(=O)O)[C@@H]43)[C@H]21. The second-order valence-electron chi connectivity index (χ2n) is 8.80. The molecule has 0 bridgehead atoms. The van der Waals surface area contributed by atoms with Gasteiger partial charge in [-0.05, 0) is 25.7 Å². The Morgan fingerprint density at radius 3 is 1.56 bits per heavy atom. The third-order valence-corrected chi connectivity index (χ3v) is 9.64.